The van der Waals surface area contributed by atoms with Gasteiger partial charge in [-0.2, -0.15) is 0 Å². The highest BCUT2D eigenvalue weighted by molar-refractivity contribution is 4.98. The molecule has 0 radical (unpaired) electrons. The van der Waals surface area contributed by atoms with Gasteiger partial charge >= 0.3 is 0 Å². The van der Waals surface area contributed by atoms with Crippen LogP contribution in [-0.2, 0) is 17.9 Å². The van der Waals surface area contributed by atoms with E-state index in [1.54, 1.807) is 7.11 Å². The summed E-state index contributed by atoms with van der Waals surface area (Å²) in [6, 6.07) is 0. The van der Waals surface area contributed by atoms with E-state index < -0.39 is 0 Å². The fourth-order valence-corrected chi connectivity index (χ4v) is 3.97. The molecule has 0 N–H and O–H groups in total. The van der Waals surface area contributed by atoms with Gasteiger partial charge in [-0.3, -0.25) is 0 Å². The summed E-state index contributed by atoms with van der Waals surface area (Å²) in [7, 11) is 1.74. The van der Waals surface area contributed by atoms with Crippen LogP contribution in [0.3, 0.4) is 0 Å². The Morgan fingerprint density at radius 1 is 1.33 bits per heavy atom. The molecule has 0 aliphatic heterocycles. The summed E-state index contributed by atoms with van der Waals surface area (Å²) >= 11 is 0. The summed E-state index contributed by atoms with van der Waals surface area (Å²) in [6.07, 6.45) is 14.1. The second kappa shape index (κ2) is 5.04. The van der Waals surface area contributed by atoms with Gasteiger partial charge in [-0.15, -0.1) is 0 Å². The van der Waals surface area contributed by atoms with Crippen LogP contribution in [0.15, 0.2) is 12.4 Å². The number of imidazole rings is 1. The lowest BCUT2D eigenvalue weighted by Crippen LogP contribution is -2.41. The molecule has 2 aliphatic carbocycles. The molecule has 0 bridgehead atoms. The number of ether oxygens (including phenoxy) is 1. The molecule has 18 heavy (non-hydrogen) atoms. The molecule has 3 nitrogen and oxygen atoms in total. The molecule has 2 fully saturated rings. The van der Waals surface area contributed by atoms with Crippen LogP contribution in [0.2, 0.25) is 0 Å². The van der Waals surface area contributed by atoms with Crippen molar-refractivity contribution in [1.82, 2.24) is 9.55 Å². The first kappa shape index (κ1) is 12.2. The molecule has 100 valence electrons. The maximum atomic E-state index is 5.23. The summed E-state index contributed by atoms with van der Waals surface area (Å²) in [5.74, 6) is 1.95. The zero-order chi connectivity index (χ0) is 12.4. The van der Waals surface area contributed by atoms with Crippen molar-refractivity contribution < 1.29 is 4.74 Å². The van der Waals surface area contributed by atoms with E-state index in [1.807, 2.05) is 6.20 Å². The third-order valence-corrected chi connectivity index (χ3v) is 5.18. The van der Waals surface area contributed by atoms with Crippen LogP contribution >= 0.6 is 0 Å². The lowest BCUT2D eigenvalue weighted by molar-refractivity contribution is -0.00306. The molecule has 1 heterocycles. The molecule has 3 heteroatoms. The number of methoxy groups -OCH3 is 1. The highest BCUT2D eigenvalue weighted by atomic mass is 16.5. The van der Waals surface area contributed by atoms with E-state index in [9.17, 15) is 0 Å². The van der Waals surface area contributed by atoms with Crippen molar-refractivity contribution in [2.45, 2.75) is 58.1 Å². The van der Waals surface area contributed by atoms with Crippen LogP contribution in [0.25, 0.3) is 0 Å². The largest absolute Gasteiger partial charge is 0.377 e. The molecule has 1 aromatic heterocycles. The molecule has 3 rings (SSSR count). The molecule has 1 atom stereocenters. The van der Waals surface area contributed by atoms with Gasteiger partial charge in [0, 0.05) is 26.0 Å². The van der Waals surface area contributed by atoms with E-state index in [0.717, 1.165) is 18.3 Å². The summed E-state index contributed by atoms with van der Waals surface area (Å²) < 4.78 is 7.54. The van der Waals surface area contributed by atoms with Crippen molar-refractivity contribution >= 4 is 0 Å². The lowest BCUT2D eigenvalue weighted by Gasteiger charge is -2.51. The molecular weight excluding hydrogens is 224 g/mol. The van der Waals surface area contributed by atoms with E-state index in [-0.39, 0.29) is 0 Å². The first-order valence-electron chi connectivity index (χ1n) is 7.33. The minimum Gasteiger partial charge on any atom is -0.377 e. The Morgan fingerprint density at radius 2 is 2.17 bits per heavy atom. The van der Waals surface area contributed by atoms with E-state index in [4.69, 9.17) is 4.74 Å². The maximum Gasteiger partial charge on any atom is 0.134 e. The Bertz CT molecular complexity index is 395. The number of hydrogen-bond donors (Lipinski definition) is 0. The fourth-order valence-electron chi connectivity index (χ4n) is 3.97. The smallest absolute Gasteiger partial charge is 0.134 e. The second-order valence-corrected chi connectivity index (χ2v) is 6.09. The van der Waals surface area contributed by atoms with Crippen LogP contribution in [-0.4, -0.2) is 16.7 Å². The average Bonchev–Trinajstić information content (AvgIpc) is 2.76. The maximum absolute atomic E-state index is 5.23. The fraction of sp³-hybridized carbons (Fsp3) is 0.800. The first-order valence-corrected chi connectivity index (χ1v) is 7.33. The zero-order valence-corrected chi connectivity index (χ0v) is 11.4. The Hall–Kier alpha value is -0.830. The van der Waals surface area contributed by atoms with Crippen LogP contribution in [0.4, 0.5) is 0 Å². The van der Waals surface area contributed by atoms with E-state index in [0.29, 0.717) is 12.0 Å². The molecule has 1 aromatic rings. The van der Waals surface area contributed by atoms with E-state index >= 15 is 0 Å². The Balaban J connectivity index is 1.72. The van der Waals surface area contributed by atoms with Crippen molar-refractivity contribution in [1.29, 1.82) is 0 Å². The summed E-state index contributed by atoms with van der Waals surface area (Å²) in [5.41, 5.74) is 0.687. The molecule has 1 spiro atoms. The third kappa shape index (κ3) is 2.09. The third-order valence-electron chi connectivity index (χ3n) is 5.18. The van der Waals surface area contributed by atoms with Gasteiger partial charge in [0.05, 0.1) is 0 Å². The van der Waals surface area contributed by atoms with Gasteiger partial charge in [0.15, 0.2) is 0 Å². The minimum absolute atomic E-state index is 0.632. The number of rotatable bonds is 4. The molecular formula is C15H24N2O. The van der Waals surface area contributed by atoms with Gasteiger partial charge in [0.2, 0.25) is 0 Å². The van der Waals surface area contributed by atoms with Crippen LogP contribution in [0.5, 0.6) is 0 Å². The summed E-state index contributed by atoms with van der Waals surface area (Å²) in [6.45, 7) is 1.78. The summed E-state index contributed by atoms with van der Waals surface area (Å²) in [5, 5.41) is 0. The lowest BCUT2D eigenvalue weighted by atomic mass is 9.55. The standard InChI is InChI=1S/C15H24N2O/c1-18-12-14-16-9-10-17(14)11-13-5-2-3-6-15(13)7-4-8-15/h9-10,13H,2-8,11-12H2,1H3. The van der Waals surface area contributed by atoms with Crippen molar-refractivity contribution in [3.05, 3.63) is 18.2 Å². The topological polar surface area (TPSA) is 27.1 Å². The van der Waals surface area contributed by atoms with Gasteiger partial charge in [0.1, 0.15) is 12.4 Å². The van der Waals surface area contributed by atoms with Crippen molar-refractivity contribution in [2.24, 2.45) is 11.3 Å². The number of aromatic nitrogens is 2. The van der Waals surface area contributed by atoms with E-state index in [2.05, 4.69) is 15.7 Å². The van der Waals surface area contributed by atoms with Gasteiger partial charge in [0.25, 0.3) is 0 Å². The molecule has 1 unspecified atom stereocenters. The normalized spacial score (nSPS) is 26.2. The Labute approximate surface area is 110 Å². The average molecular weight is 248 g/mol. The SMILES string of the molecule is COCc1nccn1CC1CCCCC12CCC2. The monoisotopic (exact) mass is 248 g/mol. The van der Waals surface area contributed by atoms with Crippen molar-refractivity contribution in [2.75, 3.05) is 7.11 Å². The first-order chi connectivity index (χ1) is 8.84. The van der Waals surface area contributed by atoms with Crippen LogP contribution < -0.4 is 0 Å². The summed E-state index contributed by atoms with van der Waals surface area (Å²) in [4.78, 5) is 4.40. The molecule has 0 aromatic carbocycles. The highest BCUT2D eigenvalue weighted by Crippen LogP contribution is 2.55. The van der Waals surface area contributed by atoms with Crippen molar-refractivity contribution in [3.8, 4) is 0 Å². The number of hydrogen-bond acceptors (Lipinski definition) is 2. The highest BCUT2D eigenvalue weighted by Gasteiger charge is 2.44. The van der Waals surface area contributed by atoms with Crippen LogP contribution in [0.1, 0.15) is 50.8 Å². The molecule has 0 amide bonds. The Morgan fingerprint density at radius 3 is 2.89 bits per heavy atom. The Kier molecular flexibility index (Phi) is 3.42. The molecule has 0 saturated heterocycles. The van der Waals surface area contributed by atoms with Gasteiger partial charge in [-0.1, -0.05) is 19.3 Å². The van der Waals surface area contributed by atoms with Gasteiger partial charge in [-0.05, 0) is 37.0 Å². The minimum atomic E-state index is 0.632. The van der Waals surface area contributed by atoms with Crippen molar-refractivity contribution in [3.63, 3.8) is 0 Å². The molecule has 2 aliphatic rings. The predicted octanol–water partition coefficient (Wildman–Crippen LogP) is 3.39. The molecule has 2 saturated carbocycles. The zero-order valence-electron chi connectivity index (χ0n) is 11.4. The number of nitrogens with zero attached hydrogens (tertiary/aromatic N) is 2. The van der Waals surface area contributed by atoms with Gasteiger partial charge in [-0.25, -0.2) is 4.98 Å². The van der Waals surface area contributed by atoms with Crippen LogP contribution in [0, 0.1) is 11.3 Å². The van der Waals surface area contributed by atoms with E-state index in [1.165, 1.54) is 44.9 Å². The second-order valence-electron chi connectivity index (χ2n) is 6.09. The quantitative estimate of drug-likeness (QED) is 0.816. The van der Waals surface area contributed by atoms with Gasteiger partial charge < -0.3 is 9.30 Å². The predicted molar refractivity (Wildman–Crippen MR) is 71.2 cm³/mol.